The number of esters is 1. The molecule has 0 unspecified atom stereocenters. The summed E-state index contributed by atoms with van der Waals surface area (Å²) >= 11 is 0. The number of allylic oxidation sites excluding steroid dienone is 1. The third kappa shape index (κ3) is 36.8. The number of ether oxygens (including phenoxy) is 2. The van der Waals surface area contributed by atoms with E-state index in [1.54, 1.807) is 0 Å². The third-order valence-corrected chi connectivity index (χ3v) is 10.5. The van der Waals surface area contributed by atoms with Gasteiger partial charge in [-0.15, -0.1) is 0 Å². The van der Waals surface area contributed by atoms with Crippen LogP contribution in [0.15, 0.2) is 12.3 Å². The van der Waals surface area contributed by atoms with Gasteiger partial charge in [-0.3, -0.25) is 4.79 Å². The molecule has 0 fully saturated rings. The summed E-state index contributed by atoms with van der Waals surface area (Å²) in [6.07, 6.45) is 43.2. The summed E-state index contributed by atoms with van der Waals surface area (Å²) in [5, 5.41) is 0. The molecule has 0 aliphatic carbocycles. The van der Waals surface area contributed by atoms with Gasteiger partial charge in [0, 0.05) is 12.8 Å². The number of nitrogens with zero attached hydrogens (tertiary/aromatic N) is 1. The zero-order valence-electron chi connectivity index (χ0n) is 34.8. The third-order valence-electron chi connectivity index (χ3n) is 10.5. The molecule has 0 amide bonds. The zero-order chi connectivity index (χ0) is 36.6. The standard InChI is InChI=1S/C46H91NO3/c1-6-10-14-17-23-30-37-45(38-31-24-18-15-11-7-2)50-44(5)36-29-22-20-26-33-41-47(40-13-9-4)42-34-27-21-25-32-39-46(48)49-43-35-28-19-16-12-8-3/h45H,5-43H2,1-4H3. The average Bonchev–Trinajstić information content (AvgIpc) is 3.11. The Bertz CT molecular complexity index is 679. The Kier molecular flexibility index (Phi) is 39.9. The van der Waals surface area contributed by atoms with Gasteiger partial charge in [0.2, 0.25) is 0 Å². The van der Waals surface area contributed by atoms with Crippen molar-refractivity contribution < 1.29 is 14.3 Å². The Morgan fingerprint density at radius 3 is 1.34 bits per heavy atom. The van der Waals surface area contributed by atoms with Gasteiger partial charge in [0.05, 0.1) is 18.5 Å². The van der Waals surface area contributed by atoms with E-state index < -0.39 is 0 Å². The van der Waals surface area contributed by atoms with E-state index >= 15 is 0 Å². The van der Waals surface area contributed by atoms with E-state index in [4.69, 9.17) is 9.47 Å². The van der Waals surface area contributed by atoms with Crippen molar-refractivity contribution in [1.82, 2.24) is 4.90 Å². The van der Waals surface area contributed by atoms with Crippen LogP contribution in [0.2, 0.25) is 0 Å². The molecule has 0 aromatic heterocycles. The Morgan fingerprint density at radius 1 is 0.460 bits per heavy atom. The fourth-order valence-electron chi connectivity index (χ4n) is 7.04. The minimum absolute atomic E-state index is 0.00816. The van der Waals surface area contributed by atoms with Gasteiger partial charge in [-0.05, 0) is 83.8 Å². The fraction of sp³-hybridized carbons (Fsp3) is 0.935. The quantitative estimate of drug-likeness (QED) is 0.0360. The lowest BCUT2D eigenvalue weighted by Gasteiger charge is -2.22. The van der Waals surface area contributed by atoms with Crippen LogP contribution in [-0.4, -0.2) is 43.2 Å². The van der Waals surface area contributed by atoms with E-state index in [1.165, 1.54) is 206 Å². The highest BCUT2D eigenvalue weighted by molar-refractivity contribution is 5.69. The second kappa shape index (κ2) is 40.7. The molecule has 0 saturated carbocycles. The van der Waals surface area contributed by atoms with E-state index in [9.17, 15) is 4.79 Å². The summed E-state index contributed by atoms with van der Waals surface area (Å²) in [5.74, 6) is 1.05. The van der Waals surface area contributed by atoms with Crippen LogP contribution in [0.4, 0.5) is 0 Å². The molecule has 0 N–H and O–H groups in total. The molecule has 50 heavy (non-hydrogen) atoms. The SMILES string of the molecule is C=C(CCCCCCCN(CCCC)CCCCCCCC(=O)OCCCCCCCC)OC(CCCCCCCC)CCCCCCCC. The van der Waals surface area contributed by atoms with Crippen molar-refractivity contribution in [2.24, 2.45) is 0 Å². The van der Waals surface area contributed by atoms with Crippen LogP contribution in [0.1, 0.15) is 246 Å². The number of hydrogen-bond donors (Lipinski definition) is 0. The molecule has 4 nitrogen and oxygen atoms in total. The molecule has 0 radical (unpaired) electrons. The Hall–Kier alpha value is -1.03. The lowest BCUT2D eigenvalue weighted by molar-refractivity contribution is -0.143. The molecular weight excluding hydrogens is 615 g/mol. The first-order valence-electron chi connectivity index (χ1n) is 22.8. The van der Waals surface area contributed by atoms with Crippen LogP contribution in [0.25, 0.3) is 0 Å². The van der Waals surface area contributed by atoms with Gasteiger partial charge in [-0.25, -0.2) is 0 Å². The highest BCUT2D eigenvalue weighted by Crippen LogP contribution is 2.21. The maximum Gasteiger partial charge on any atom is 0.305 e. The molecule has 0 aliphatic heterocycles. The molecule has 0 aromatic rings. The first-order chi connectivity index (χ1) is 24.6. The van der Waals surface area contributed by atoms with Crippen molar-refractivity contribution in [3.63, 3.8) is 0 Å². The number of unbranched alkanes of at least 4 members (excludes halogenated alkanes) is 24. The Balaban J connectivity index is 4.04. The number of carbonyl (C=O) groups is 1. The predicted molar refractivity (Wildman–Crippen MR) is 221 cm³/mol. The van der Waals surface area contributed by atoms with Gasteiger partial charge in [-0.2, -0.15) is 0 Å². The Morgan fingerprint density at radius 2 is 0.840 bits per heavy atom. The molecule has 0 saturated heterocycles. The normalized spacial score (nSPS) is 11.6. The van der Waals surface area contributed by atoms with Crippen molar-refractivity contribution >= 4 is 5.97 Å². The van der Waals surface area contributed by atoms with Crippen LogP contribution >= 0.6 is 0 Å². The van der Waals surface area contributed by atoms with E-state index in [-0.39, 0.29) is 5.97 Å². The highest BCUT2D eigenvalue weighted by atomic mass is 16.5. The van der Waals surface area contributed by atoms with Crippen LogP contribution in [0.5, 0.6) is 0 Å². The molecule has 0 atom stereocenters. The maximum atomic E-state index is 12.0. The van der Waals surface area contributed by atoms with Crippen LogP contribution in [0, 0.1) is 0 Å². The topological polar surface area (TPSA) is 38.8 Å². The molecule has 0 aliphatic rings. The minimum Gasteiger partial charge on any atom is -0.495 e. The largest absolute Gasteiger partial charge is 0.495 e. The molecule has 0 heterocycles. The van der Waals surface area contributed by atoms with E-state index in [2.05, 4.69) is 39.2 Å². The van der Waals surface area contributed by atoms with Gasteiger partial charge >= 0.3 is 5.97 Å². The molecule has 4 heteroatoms. The van der Waals surface area contributed by atoms with Gasteiger partial charge in [0.25, 0.3) is 0 Å². The monoisotopic (exact) mass is 706 g/mol. The van der Waals surface area contributed by atoms with Gasteiger partial charge < -0.3 is 14.4 Å². The molecule has 0 spiro atoms. The summed E-state index contributed by atoms with van der Waals surface area (Å²) in [6.45, 7) is 17.8. The van der Waals surface area contributed by atoms with E-state index in [0.717, 1.165) is 31.4 Å². The van der Waals surface area contributed by atoms with Crippen molar-refractivity contribution in [2.45, 2.75) is 252 Å². The lowest BCUT2D eigenvalue weighted by Crippen LogP contribution is -2.27. The van der Waals surface area contributed by atoms with Gasteiger partial charge in [-0.1, -0.05) is 176 Å². The molecule has 0 rings (SSSR count). The van der Waals surface area contributed by atoms with Crippen molar-refractivity contribution in [1.29, 1.82) is 0 Å². The van der Waals surface area contributed by atoms with Crippen molar-refractivity contribution in [2.75, 3.05) is 26.2 Å². The summed E-state index contributed by atoms with van der Waals surface area (Å²) < 4.78 is 11.9. The second-order valence-corrected chi connectivity index (χ2v) is 15.6. The summed E-state index contributed by atoms with van der Waals surface area (Å²) in [4.78, 5) is 14.7. The number of rotatable bonds is 42. The number of hydrogen-bond acceptors (Lipinski definition) is 4. The summed E-state index contributed by atoms with van der Waals surface area (Å²) in [6, 6.07) is 0. The summed E-state index contributed by atoms with van der Waals surface area (Å²) in [7, 11) is 0. The lowest BCUT2D eigenvalue weighted by atomic mass is 10.0. The van der Waals surface area contributed by atoms with E-state index in [1.807, 2.05) is 0 Å². The highest BCUT2D eigenvalue weighted by Gasteiger charge is 2.12. The first-order valence-corrected chi connectivity index (χ1v) is 22.8. The van der Waals surface area contributed by atoms with Gasteiger partial charge in [0.1, 0.15) is 0 Å². The van der Waals surface area contributed by atoms with Crippen LogP contribution < -0.4 is 0 Å². The molecular formula is C46H91NO3. The van der Waals surface area contributed by atoms with Crippen LogP contribution in [0.3, 0.4) is 0 Å². The average molecular weight is 706 g/mol. The van der Waals surface area contributed by atoms with Gasteiger partial charge in [0.15, 0.2) is 0 Å². The zero-order valence-corrected chi connectivity index (χ0v) is 34.8. The second-order valence-electron chi connectivity index (χ2n) is 15.6. The Labute approximate surface area is 315 Å². The predicted octanol–water partition coefficient (Wildman–Crippen LogP) is 15.1. The maximum absolute atomic E-state index is 12.0. The van der Waals surface area contributed by atoms with Crippen molar-refractivity contribution in [3.8, 4) is 0 Å². The molecule has 0 aromatic carbocycles. The molecule has 0 bridgehead atoms. The van der Waals surface area contributed by atoms with Crippen molar-refractivity contribution in [3.05, 3.63) is 12.3 Å². The van der Waals surface area contributed by atoms with E-state index in [0.29, 0.717) is 19.1 Å². The smallest absolute Gasteiger partial charge is 0.305 e. The molecule has 298 valence electrons. The van der Waals surface area contributed by atoms with Crippen LogP contribution in [-0.2, 0) is 14.3 Å². The first kappa shape index (κ1) is 49.0. The number of carbonyl (C=O) groups excluding carboxylic acids is 1. The summed E-state index contributed by atoms with van der Waals surface area (Å²) in [5.41, 5.74) is 0. The minimum atomic E-state index is 0.00816. The fourth-order valence-corrected chi connectivity index (χ4v) is 7.04.